The Morgan fingerprint density at radius 3 is 2.40 bits per heavy atom. The molecule has 0 aromatic rings. The zero-order valence-corrected chi connectivity index (χ0v) is 7.97. The number of thioether (sulfide) groups is 1. The number of hydrogen-bond acceptors (Lipinski definition) is 1. The van der Waals surface area contributed by atoms with Gasteiger partial charge in [0.1, 0.15) is 0 Å². The smallest absolute Gasteiger partial charge is 0.0248 e. The summed E-state index contributed by atoms with van der Waals surface area (Å²) >= 11 is 2.17. The van der Waals surface area contributed by atoms with Gasteiger partial charge in [0.15, 0.2) is 0 Å². The Labute approximate surface area is 68.8 Å². The third-order valence-electron chi connectivity index (χ3n) is 2.43. The first kappa shape index (κ1) is 8.45. The summed E-state index contributed by atoms with van der Waals surface area (Å²) in [6.45, 7) is 4.60. The minimum Gasteiger partial charge on any atom is -0.153 e. The van der Waals surface area contributed by atoms with Crippen molar-refractivity contribution in [3.8, 4) is 0 Å². The van der Waals surface area contributed by atoms with Gasteiger partial charge in [0, 0.05) is 10.5 Å². The fourth-order valence-corrected chi connectivity index (χ4v) is 2.37. The van der Waals surface area contributed by atoms with Gasteiger partial charge in [-0.15, -0.1) is 0 Å². The fraction of sp³-hybridized carbons (Fsp3) is 1.00. The zero-order chi connectivity index (χ0) is 7.45. The molecule has 0 aromatic carbocycles. The third-order valence-corrected chi connectivity index (χ3v) is 4.03. The second-order valence-electron chi connectivity index (χ2n) is 3.28. The van der Waals surface area contributed by atoms with Gasteiger partial charge in [-0.1, -0.05) is 33.1 Å². The Morgan fingerprint density at radius 2 is 2.00 bits per heavy atom. The normalized spacial score (nSPS) is 30.6. The van der Waals surface area contributed by atoms with Crippen LogP contribution >= 0.6 is 11.8 Å². The molecule has 0 spiro atoms. The SMILES string of the molecule is CCCCCC1(CC)CS1. The maximum Gasteiger partial charge on any atom is 0.0248 e. The summed E-state index contributed by atoms with van der Waals surface area (Å²) in [5, 5.41) is 0. The van der Waals surface area contributed by atoms with Gasteiger partial charge in [-0.2, -0.15) is 11.8 Å². The second-order valence-corrected chi connectivity index (χ2v) is 4.73. The molecule has 0 aromatic heterocycles. The lowest BCUT2D eigenvalue weighted by atomic mass is 10.0. The Morgan fingerprint density at radius 1 is 1.30 bits per heavy atom. The highest BCUT2D eigenvalue weighted by atomic mass is 32.2. The van der Waals surface area contributed by atoms with Crippen LogP contribution in [0.5, 0.6) is 0 Å². The van der Waals surface area contributed by atoms with Gasteiger partial charge in [0.25, 0.3) is 0 Å². The van der Waals surface area contributed by atoms with Gasteiger partial charge >= 0.3 is 0 Å². The number of unbranched alkanes of at least 4 members (excludes halogenated alkanes) is 2. The molecule has 0 amide bonds. The van der Waals surface area contributed by atoms with Gasteiger partial charge in [-0.3, -0.25) is 0 Å². The largest absolute Gasteiger partial charge is 0.153 e. The Bertz CT molecular complexity index is 94.9. The molecule has 1 fully saturated rings. The highest BCUT2D eigenvalue weighted by Gasteiger charge is 2.40. The van der Waals surface area contributed by atoms with Crippen LogP contribution in [0.15, 0.2) is 0 Å². The lowest BCUT2D eigenvalue weighted by molar-refractivity contribution is 0.568. The van der Waals surface area contributed by atoms with E-state index in [2.05, 4.69) is 25.6 Å². The maximum atomic E-state index is 2.33. The average Bonchev–Trinajstić information content (AvgIpc) is 2.70. The monoisotopic (exact) mass is 158 g/mol. The van der Waals surface area contributed by atoms with E-state index >= 15 is 0 Å². The standard InChI is InChI=1S/C9H18S/c1-3-5-6-7-9(4-2)8-10-9/h3-8H2,1-2H3. The lowest BCUT2D eigenvalue weighted by Gasteiger charge is -2.08. The third kappa shape index (κ3) is 2.19. The zero-order valence-electron chi connectivity index (χ0n) is 7.15. The predicted molar refractivity (Wildman–Crippen MR) is 49.6 cm³/mol. The van der Waals surface area contributed by atoms with Crippen molar-refractivity contribution in [2.75, 3.05) is 5.75 Å². The van der Waals surface area contributed by atoms with E-state index in [1.807, 2.05) is 0 Å². The van der Waals surface area contributed by atoms with E-state index in [-0.39, 0.29) is 0 Å². The van der Waals surface area contributed by atoms with Crippen molar-refractivity contribution in [2.24, 2.45) is 0 Å². The molecule has 0 nitrogen and oxygen atoms in total. The first-order chi connectivity index (χ1) is 4.83. The van der Waals surface area contributed by atoms with Crippen LogP contribution in [0.3, 0.4) is 0 Å². The topological polar surface area (TPSA) is 0 Å². The van der Waals surface area contributed by atoms with E-state index in [4.69, 9.17) is 0 Å². The summed E-state index contributed by atoms with van der Waals surface area (Å²) in [6, 6.07) is 0. The summed E-state index contributed by atoms with van der Waals surface area (Å²) in [5.74, 6) is 1.44. The lowest BCUT2D eigenvalue weighted by Crippen LogP contribution is -2.05. The van der Waals surface area contributed by atoms with E-state index in [0.717, 1.165) is 4.75 Å². The molecule has 1 aliphatic rings. The van der Waals surface area contributed by atoms with E-state index in [9.17, 15) is 0 Å². The second kappa shape index (κ2) is 3.66. The summed E-state index contributed by atoms with van der Waals surface area (Å²) in [4.78, 5) is 0. The summed E-state index contributed by atoms with van der Waals surface area (Å²) in [6.07, 6.45) is 7.12. The van der Waals surface area contributed by atoms with Crippen molar-refractivity contribution < 1.29 is 0 Å². The minimum atomic E-state index is 0.759. The highest BCUT2D eigenvalue weighted by molar-refractivity contribution is 8.07. The summed E-state index contributed by atoms with van der Waals surface area (Å²) < 4.78 is 0.759. The summed E-state index contributed by atoms with van der Waals surface area (Å²) in [7, 11) is 0. The van der Waals surface area contributed by atoms with Gasteiger partial charge in [0.2, 0.25) is 0 Å². The van der Waals surface area contributed by atoms with Gasteiger partial charge in [0.05, 0.1) is 0 Å². The van der Waals surface area contributed by atoms with Crippen LogP contribution in [0.2, 0.25) is 0 Å². The molecule has 1 unspecified atom stereocenters. The molecule has 1 heteroatoms. The Kier molecular flexibility index (Phi) is 3.09. The molecule has 10 heavy (non-hydrogen) atoms. The van der Waals surface area contributed by atoms with Crippen LogP contribution in [-0.2, 0) is 0 Å². The molecule has 1 heterocycles. The van der Waals surface area contributed by atoms with Crippen LogP contribution in [-0.4, -0.2) is 10.5 Å². The number of hydrogen-bond donors (Lipinski definition) is 0. The van der Waals surface area contributed by atoms with E-state index in [1.54, 1.807) is 0 Å². The minimum absolute atomic E-state index is 0.759. The van der Waals surface area contributed by atoms with E-state index < -0.39 is 0 Å². The van der Waals surface area contributed by atoms with Gasteiger partial charge in [-0.05, 0) is 12.8 Å². The molecule has 0 aliphatic carbocycles. The van der Waals surface area contributed by atoms with Crippen molar-refractivity contribution in [1.29, 1.82) is 0 Å². The molecule has 0 N–H and O–H groups in total. The average molecular weight is 158 g/mol. The molecule has 1 atom stereocenters. The molecule has 1 aliphatic heterocycles. The van der Waals surface area contributed by atoms with Crippen LogP contribution in [0, 0.1) is 0 Å². The highest BCUT2D eigenvalue weighted by Crippen LogP contribution is 2.50. The molecule has 0 radical (unpaired) electrons. The molecule has 60 valence electrons. The Hall–Kier alpha value is 0.350. The van der Waals surface area contributed by atoms with Gasteiger partial charge < -0.3 is 0 Å². The molecule has 1 rings (SSSR count). The number of rotatable bonds is 5. The molecule has 1 saturated heterocycles. The predicted octanol–water partition coefficient (Wildman–Crippen LogP) is 3.46. The van der Waals surface area contributed by atoms with Gasteiger partial charge in [-0.25, -0.2) is 0 Å². The van der Waals surface area contributed by atoms with E-state index in [0.29, 0.717) is 0 Å². The van der Waals surface area contributed by atoms with Crippen molar-refractivity contribution in [3.63, 3.8) is 0 Å². The van der Waals surface area contributed by atoms with Crippen molar-refractivity contribution in [1.82, 2.24) is 0 Å². The van der Waals surface area contributed by atoms with Crippen LogP contribution < -0.4 is 0 Å². The van der Waals surface area contributed by atoms with Crippen molar-refractivity contribution >= 4 is 11.8 Å². The van der Waals surface area contributed by atoms with Crippen LogP contribution in [0.1, 0.15) is 46.0 Å². The van der Waals surface area contributed by atoms with Crippen LogP contribution in [0.25, 0.3) is 0 Å². The molecule has 0 saturated carbocycles. The maximum absolute atomic E-state index is 2.33. The first-order valence-corrected chi connectivity index (χ1v) is 5.45. The molecular weight excluding hydrogens is 140 g/mol. The quantitative estimate of drug-likeness (QED) is 0.436. The van der Waals surface area contributed by atoms with Crippen molar-refractivity contribution in [2.45, 2.75) is 50.7 Å². The van der Waals surface area contributed by atoms with Crippen LogP contribution in [0.4, 0.5) is 0 Å². The Balaban J connectivity index is 2.01. The van der Waals surface area contributed by atoms with E-state index in [1.165, 1.54) is 37.9 Å². The molecule has 0 bridgehead atoms. The fourth-order valence-electron chi connectivity index (χ4n) is 1.32. The van der Waals surface area contributed by atoms with Crippen molar-refractivity contribution in [3.05, 3.63) is 0 Å². The summed E-state index contributed by atoms with van der Waals surface area (Å²) in [5.41, 5.74) is 0. The first-order valence-electron chi connectivity index (χ1n) is 4.47. The molecular formula is C9H18S.